The minimum atomic E-state index is -4.86. The summed E-state index contributed by atoms with van der Waals surface area (Å²) in [4.78, 5) is 55.0. The highest BCUT2D eigenvalue weighted by molar-refractivity contribution is 8.76. The fourth-order valence-corrected chi connectivity index (χ4v) is 3.57. The van der Waals surface area contributed by atoms with E-state index >= 15 is 0 Å². The van der Waals surface area contributed by atoms with Crippen LogP contribution in [0.3, 0.4) is 0 Å². The van der Waals surface area contributed by atoms with Gasteiger partial charge in [-0.2, -0.15) is 0 Å². The number of nitrogens with two attached hydrogens (primary N) is 2. The lowest BCUT2D eigenvalue weighted by molar-refractivity contribution is -0.276. The molecule has 0 aromatic heterocycles. The van der Waals surface area contributed by atoms with Crippen LogP contribution in [-0.4, -0.2) is 52.6 Å². The van der Waals surface area contributed by atoms with Crippen LogP contribution in [0.5, 0.6) is 0 Å². The van der Waals surface area contributed by atoms with Crippen molar-refractivity contribution >= 4 is 53.3 Å². The Kier molecular flexibility index (Phi) is 8.60. The molecule has 0 aromatic rings. The molecule has 14 nitrogen and oxygen atoms in total. The number of aliphatic carboxylic acids is 1. The lowest BCUT2D eigenvalue weighted by Gasteiger charge is -2.12. The molecule has 5 N–H and O–H groups in total. The molecule has 1 fully saturated rings. The highest BCUT2D eigenvalue weighted by Gasteiger charge is 2.43. The van der Waals surface area contributed by atoms with Crippen molar-refractivity contribution in [1.82, 2.24) is 0 Å². The summed E-state index contributed by atoms with van der Waals surface area (Å²) in [5.41, 5.74) is 10.7. The number of hydrogen-bond donors (Lipinski definition) is 3. The standard InChI is InChI=1S/C8H11N2O12PS2/c9-3(5(11)12)1-24-25-2-4(10)6(13)17-20-23(16)21-18-7(14)8(15)19-22-23/h3-4H,1-2,9-10H2,(H,11,12). The second-order valence-electron chi connectivity index (χ2n) is 3.94. The predicted octanol–water partition coefficient (Wildman–Crippen LogP) is -1.35. The molecule has 0 spiro atoms. The Bertz CT molecular complexity index is 565. The smallest absolute Gasteiger partial charge is 0.480 e. The summed E-state index contributed by atoms with van der Waals surface area (Å²) in [6.45, 7) is 0. The summed E-state index contributed by atoms with van der Waals surface area (Å²) in [5.74, 6) is -5.75. The monoisotopic (exact) mass is 422 g/mol. The largest absolute Gasteiger partial charge is 0.584 e. The van der Waals surface area contributed by atoms with E-state index in [4.69, 9.17) is 16.6 Å². The Morgan fingerprint density at radius 2 is 1.56 bits per heavy atom. The van der Waals surface area contributed by atoms with Crippen molar-refractivity contribution in [2.45, 2.75) is 12.1 Å². The second-order valence-corrected chi connectivity index (χ2v) is 7.83. The number of phosphoric acid groups is 1. The molecule has 1 saturated heterocycles. The van der Waals surface area contributed by atoms with Gasteiger partial charge in [0.2, 0.25) is 0 Å². The van der Waals surface area contributed by atoms with Crippen LogP contribution >= 0.6 is 29.4 Å². The first-order valence-corrected chi connectivity index (χ1v) is 9.89. The first kappa shape index (κ1) is 21.7. The van der Waals surface area contributed by atoms with Gasteiger partial charge in [0.1, 0.15) is 12.1 Å². The highest BCUT2D eigenvalue weighted by atomic mass is 33.1. The van der Waals surface area contributed by atoms with Crippen molar-refractivity contribution in [3.63, 3.8) is 0 Å². The molecule has 0 aromatic carbocycles. The maximum atomic E-state index is 11.7. The molecule has 25 heavy (non-hydrogen) atoms. The molecule has 0 amide bonds. The van der Waals surface area contributed by atoms with Crippen LogP contribution < -0.4 is 11.5 Å². The van der Waals surface area contributed by atoms with E-state index in [0.29, 0.717) is 0 Å². The molecule has 2 unspecified atom stereocenters. The maximum absolute atomic E-state index is 11.7. The van der Waals surface area contributed by atoms with Gasteiger partial charge in [-0.15, -0.1) is 0 Å². The summed E-state index contributed by atoms with van der Waals surface area (Å²) < 4.78 is 23.4. The number of rotatable bonds is 9. The number of carbonyl (C=O) groups excluding carboxylic acids is 3. The van der Waals surface area contributed by atoms with Gasteiger partial charge in [-0.3, -0.25) is 19.5 Å². The van der Waals surface area contributed by atoms with Crippen LogP contribution in [0.1, 0.15) is 0 Å². The van der Waals surface area contributed by atoms with Gasteiger partial charge in [0.25, 0.3) is 0 Å². The van der Waals surface area contributed by atoms with Gasteiger partial charge < -0.3 is 16.6 Å². The topological polar surface area (TPSA) is 213 Å². The molecule has 1 rings (SSSR count). The van der Waals surface area contributed by atoms with E-state index in [1.165, 1.54) is 0 Å². The van der Waals surface area contributed by atoms with Crippen molar-refractivity contribution in [2.24, 2.45) is 11.5 Å². The molecule has 0 bridgehead atoms. The van der Waals surface area contributed by atoms with Crippen molar-refractivity contribution in [3.05, 3.63) is 0 Å². The normalized spacial score (nSPS) is 19.1. The summed E-state index contributed by atoms with van der Waals surface area (Å²) in [7, 11) is -2.79. The average Bonchev–Trinajstić information content (AvgIpc) is 2.70. The van der Waals surface area contributed by atoms with Crippen LogP contribution in [0.15, 0.2) is 0 Å². The first-order chi connectivity index (χ1) is 11.6. The summed E-state index contributed by atoms with van der Waals surface area (Å²) >= 11 is 0. The van der Waals surface area contributed by atoms with E-state index in [9.17, 15) is 23.7 Å². The van der Waals surface area contributed by atoms with Crippen LogP contribution in [0.2, 0.25) is 0 Å². The minimum Gasteiger partial charge on any atom is -0.480 e. The fourth-order valence-electron chi connectivity index (χ4n) is 0.791. The van der Waals surface area contributed by atoms with Gasteiger partial charge in [-0.25, -0.2) is 18.9 Å². The Morgan fingerprint density at radius 3 is 2.04 bits per heavy atom. The van der Waals surface area contributed by atoms with Gasteiger partial charge in [-0.1, -0.05) is 35.6 Å². The molecule has 0 saturated carbocycles. The lowest BCUT2D eigenvalue weighted by Crippen LogP contribution is -2.35. The molecule has 2 atom stereocenters. The molecule has 1 aliphatic heterocycles. The van der Waals surface area contributed by atoms with E-state index < -0.39 is 43.8 Å². The zero-order valence-corrected chi connectivity index (χ0v) is 14.5. The van der Waals surface area contributed by atoms with E-state index in [1.807, 2.05) is 0 Å². The van der Waals surface area contributed by atoms with Crippen molar-refractivity contribution in [2.75, 3.05) is 11.5 Å². The number of carbonyl (C=O) groups is 4. The van der Waals surface area contributed by atoms with Crippen LogP contribution in [-0.2, 0) is 52.4 Å². The molecule has 0 radical (unpaired) electrons. The van der Waals surface area contributed by atoms with Crippen molar-refractivity contribution in [3.8, 4) is 0 Å². The first-order valence-electron chi connectivity index (χ1n) is 5.94. The zero-order chi connectivity index (χ0) is 19.0. The molecule has 142 valence electrons. The Balaban J connectivity index is 2.33. The number of hydrogen-bond acceptors (Lipinski definition) is 15. The maximum Gasteiger partial charge on any atom is 0.584 e. The van der Waals surface area contributed by atoms with Crippen molar-refractivity contribution < 1.29 is 57.5 Å². The molecular formula is C8H11N2O12PS2. The third kappa shape index (κ3) is 7.57. The third-order valence-corrected chi connectivity index (χ3v) is 5.23. The highest BCUT2D eigenvalue weighted by Crippen LogP contribution is 2.51. The van der Waals surface area contributed by atoms with Gasteiger partial charge >= 0.3 is 31.7 Å². The Hall–Kier alpha value is -1.39. The number of carboxylic acids is 1. The fraction of sp³-hybridized carbons (Fsp3) is 0.500. The van der Waals surface area contributed by atoms with Gasteiger partial charge in [-0.05, 0) is 0 Å². The molecule has 0 aliphatic carbocycles. The quantitative estimate of drug-likeness (QED) is 0.0978. The number of carboxylic acid groups (broad SMARTS) is 1. The van der Waals surface area contributed by atoms with Gasteiger partial charge in [0.15, 0.2) is 0 Å². The van der Waals surface area contributed by atoms with E-state index in [2.05, 4.69) is 28.7 Å². The van der Waals surface area contributed by atoms with E-state index in [0.717, 1.165) is 21.6 Å². The lowest BCUT2D eigenvalue weighted by atomic mass is 10.4. The van der Waals surface area contributed by atoms with E-state index in [1.54, 1.807) is 0 Å². The van der Waals surface area contributed by atoms with E-state index in [-0.39, 0.29) is 11.5 Å². The second kappa shape index (κ2) is 9.93. The van der Waals surface area contributed by atoms with Crippen LogP contribution in [0.25, 0.3) is 0 Å². The SMILES string of the molecule is NC(CSSCC(N)C(=O)OOP1(=O)OOC(=O)C(=O)OO1)C(=O)O. The van der Waals surface area contributed by atoms with Crippen LogP contribution in [0, 0.1) is 0 Å². The Morgan fingerprint density at radius 1 is 1.08 bits per heavy atom. The summed E-state index contributed by atoms with van der Waals surface area (Å²) in [5, 5.41) is 8.57. The zero-order valence-electron chi connectivity index (χ0n) is 11.9. The third-order valence-electron chi connectivity index (χ3n) is 1.98. The Labute approximate surface area is 146 Å². The summed E-state index contributed by atoms with van der Waals surface area (Å²) in [6.07, 6.45) is 0. The molecular weight excluding hydrogens is 411 g/mol. The predicted molar refractivity (Wildman–Crippen MR) is 77.6 cm³/mol. The van der Waals surface area contributed by atoms with Crippen molar-refractivity contribution in [1.29, 1.82) is 0 Å². The van der Waals surface area contributed by atoms with Crippen LogP contribution in [0.4, 0.5) is 0 Å². The molecule has 17 heteroatoms. The van der Waals surface area contributed by atoms with Gasteiger partial charge in [0, 0.05) is 11.5 Å². The minimum absolute atomic E-state index is 0.0464. The average molecular weight is 422 g/mol. The molecule has 1 aliphatic rings. The summed E-state index contributed by atoms with van der Waals surface area (Å²) in [6, 6.07) is -2.36. The molecule has 1 heterocycles. The van der Waals surface area contributed by atoms with Gasteiger partial charge in [0.05, 0.1) is 0 Å².